The van der Waals surface area contributed by atoms with Gasteiger partial charge in [0, 0.05) is 12.6 Å². The molecule has 110 valence electrons. The van der Waals surface area contributed by atoms with Crippen LogP contribution in [-0.2, 0) is 0 Å². The SMILES string of the molecule is CCC(CCO)NC(=O)NC(c1ccccc1)C1CC1. The van der Waals surface area contributed by atoms with Crippen molar-refractivity contribution in [3.63, 3.8) is 0 Å². The Labute approximate surface area is 120 Å². The highest BCUT2D eigenvalue weighted by atomic mass is 16.3. The Morgan fingerprint density at radius 3 is 2.55 bits per heavy atom. The Kier molecular flexibility index (Phi) is 5.41. The molecule has 0 aliphatic heterocycles. The first-order valence-corrected chi connectivity index (χ1v) is 7.47. The summed E-state index contributed by atoms with van der Waals surface area (Å²) in [6.07, 6.45) is 3.78. The zero-order valence-corrected chi connectivity index (χ0v) is 12.0. The molecule has 2 amide bonds. The summed E-state index contributed by atoms with van der Waals surface area (Å²) in [5, 5.41) is 15.0. The van der Waals surface area contributed by atoms with E-state index in [1.807, 2.05) is 25.1 Å². The van der Waals surface area contributed by atoms with Gasteiger partial charge in [0.25, 0.3) is 0 Å². The van der Waals surface area contributed by atoms with Crippen LogP contribution in [0.5, 0.6) is 0 Å². The standard InChI is InChI=1S/C16H24N2O2/c1-2-14(10-11-19)17-16(20)18-15(13-8-9-13)12-6-4-3-5-7-12/h3-7,13-15,19H,2,8-11H2,1H3,(H2,17,18,20). The monoisotopic (exact) mass is 276 g/mol. The molecule has 20 heavy (non-hydrogen) atoms. The summed E-state index contributed by atoms with van der Waals surface area (Å²) >= 11 is 0. The zero-order chi connectivity index (χ0) is 14.4. The second kappa shape index (κ2) is 7.29. The van der Waals surface area contributed by atoms with Gasteiger partial charge >= 0.3 is 6.03 Å². The van der Waals surface area contributed by atoms with Crippen molar-refractivity contribution in [1.29, 1.82) is 0 Å². The van der Waals surface area contributed by atoms with Gasteiger partial charge < -0.3 is 15.7 Å². The maximum atomic E-state index is 12.1. The number of benzene rings is 1. The van der Waals surface area contributed by atoms with Crippen LogP contribution in [-0.4, -0.2) is 23.8 Å². The number of rotatable bonds is 7. The molecule has 2 unspecified atom stereocenters. The lowest BCUT2D eigenvalue weighted by atomic mass is 10.0. The van der Waals surface area contributed by atoms with Crippen LogP contribution in [0.4, 0.5) is 4.79 Å². The lowest BCUT2D eigenvalue weighted by molar-refractivity contribution is 0.223. The lowest BCUT2D eigenvalue weighted by Crippen LogP contribution is -2.44. The number of carbonyl (C=O) groups is 1. The van der Waals surface area contributed by atoms with Gasteiger partial charge in [-0.25, -0.2) is 4.79 Å². The van der Waals surface area contributed by atoms with Crippen LogP contribution in [0.15, 0.2) is 30.3 Å². The van der Waals surface area contributed by atoms with E-state index >= 15 is 0 Å². The molecule has 0 saturated heterocycles. The highest BCUT2D eigenvalue weighted by molar-refractivity contribution is 5.74. The van der Waals surface area contributed by atoms with Crippen LogP contribution < -0.4 is 10.6 Å². The molecule has 4 nitrogen and oxygen atoms in total. The number of amides is 2. The topological polar surface area (TPSA) is 61.4 Å². The molecule has 1 aromatic carbocycles. The molecule has 1 saturated carbocycles. The minimum atomic E-state index is -0.133. The van der Waals surface area contributed by atoms with Gasteiger partial charge in [-0.3, -0.25) is 0 Å². The van der Waals surface area contributed by atoms with Gasteiger partial charge in [0.2, 0.25) is 0 Å². The van der Waals surface area contributed by atoms with Crippen molar-refractivity contribution in [2.75, 3.05) is 6.61 Å². The fraction of sp³-hybridized carbons (Fsp3) is 0.562. The van der Waals surface area contributed by atoms with Crippen LogP contribution in [0.25, 0.3) is 0 Å². The third kappa shape index (κ3) is 4.23. The summed E-state index contributed by atoms with van der Waals surface area (Å²) in [7, 11) is 0. The summed E-state index contributed by atoms with van der Waals surface area (Å²) in [4.78, 5) is 12.1. The van der Waals surface area contributed by atoms with E-state index in [1.54, 1.807) is 0 Å². The number of hydrogen-bond donors (Lipinski definition) is 3. The Hall–Kier alpha value is -1.55. The van der Waals surface area contributed by atoms with E-state index in [9.17, 15) is 4.79 Å². The highest BCUT2D eigenvalue weighted by Crippen LogP contribution is 2.40. The summed E-state index contributed by atoms with van der Waals surface area (Å²) in [6.45, 7) is 2.11. The summed E-state index contributed by atoms with van der Waals surface area (Å²) in [5.74, 6) is 0.557. The molecule has 1 fully saturated rings. The van der Waals surface area contributed by atoms with E-state index in [-0.39, 0.29) is 24.7 Å². The van der Waals surface area contributed by atoms with E-state index in [0.29, 0.717) is 12.3 Å². The number of nitrogens with one attached hydrogen (secondary N) is 2. The molecule has 4 heteroatoms. The van der Waals surface area contributed by atoms with Gasteiger partial charge in [-0.1, -0.05) is 37.3 Å². The molecule has 0 spiro atoms. The summed E-state index contributed by atoms with van der Waals surface area (Å²) in [5.41, 5.74) is 1.17. The summed E-state index contributed by atoms with van der Waals surface area (Å²) < 4.78 is 0. The van der Waals surface area contributed by atoms with Crippen molar-refractivity contribution < 1.29 is 9.90 Å². The predicted octanol–water partition coefficient (Wildman–Crippen LogP) is 2.60. The molecule has 3 N–H and O–H groups in total. The molecule has 0 aromatic heterocycles. The molecule has 0 heterocycles. The largest absolute Gasteiger partial charge is 0.396 e. The molecule has 1 aliphatic carbocycles. The Morgan fingerprint density at radius 2 is 2.00 bits per heavy atom. The maximum absolute atomic E-state index is 12.1. The normalized spacial score (nSPS) is 17.3. The van der Waals surface area contributed by atoms with Gasteiger partial charge in [0.05, 0.1) is 6.04 Å². The third-order valence-electron chi connectivity index (χ3n) is 3.84. The van der Waals surface area contributed by atoms with Gasteiger partial charge in [0.1, 0.15) is 0 Å². The van der Waals surface area contributed by atoms with Crippen LogP contribution in [0.3, 0.4) is 0 Å². The van der Waals surface area contributed by atoms with Crippen molar-refractivity contribution in [2.45, 2.75) is 44.7 Å². The molecule has 2 rings (SSSR count). The van der Waals surface area contributed by atoms with Gasteiger partial charge in [0.15, 0.2) is 0 Å². The predicted molar refractivity (Wildman–Crippen MR) is 79.4 cm³/mol. The van der Waals surface area contributed by atoms with Crippen LogP contribution >= 0.6 is 0 Å². The van der Waals surface area contributed by atoms with Crippen molar-refractivity contribution in [3.8, 4) is 0 Å². The van der Waals surface area contributed by atoms with Gasteiger partial charge in [-0.2, -0.15) is 0 Å². The van der Waals surface area contributed by atoms with Crippen molar-refractivity contribution in [2.24, 2.45) is 5.92 Å². The quantitative estimate of drug-likeness (QED) is 0.717. The van der Waals surface area contributed by atoms with E-state index in [0.717, 1.165) is 6.42 Å². The Balaban J connectivity index is 1.93. The average Bonchev–Trinajstić information content (AvgIpc) is 3.30. The van der Waals surface area contributed by atoms with Crippen molar-refractivity contribution in [3.05, 3.63) is 35.9 Å². The first-order valence-electron chi connectivity index (χ1n) is 7.47. The van der Waals surface area contributed by atoms with Crippen LogP contribution in [0.2, 0.25) is 0 Å². The second-order valence-electron chi connectivity index (χ2n) is 5.46. The number of carbonyl (C=O) groups excluding carboxylic acids is 1. The fourth-order valence-electron chi connectivity index (χ4n) is 2.47. The fourth-order valence-corrected chi connectivity index (χ4v) is 2.47. The van der Waals surface area contributed by atoms with Crippen molar-refractivity contribution >= 4 is 6.03 Å². The Morgan fingerprint density at radius 1 is 1.30 bits per heavy atom. The number of aliphatic hydroxyl groups is 1. The van der Waals surface area contributed by atoms with Crippen LogP contribution in [0.1, 0.15) is 44.2 Å². The zero-order valence-electron chi connectivity index (χ0n) is 12.0. The molecule has 1 aliphatic rings. The molecule has 1 aromatic rings. The molecule has 0 radical (unpaired) electrons. The third-order valence-corrected chi connectivity index (χ3v) is 3.84. The number of aliphatic hydroxyl groups excluding tert-OH is 1. The molecular formula is C16H24N2O2. The first kappa shape index (κ1) is 14.9. The highest BCUT2D eigenvalue weighted by Gasteiger charge is 2.33. The van der Waals surface area contributed by atoms with E-state index < -0.39 is 0 Å². The van der Waals surface area contributed by atoms with Gasteiger partial charge in [-0.05, 0) is 37.2 Å². The van der Waals surface area contributed by atoms with Gasteiger partial charge in [-0.15, -0.1) is 0 Å². The minimum absolute atomic E-state index is 0.0376. The number of hydrogen-bond acceptors (Lipinski definition) is 2. The minimum Gasteiger partial charge on any atom is -0.396 e. The molecular weight excluding hydrogens is 252 g/mol. The van der Waals surface area contributed by atoms with Crippen molar-refractivity contribution in [1.82, 2.24) is 10.6 Å². The second-order valence-corrected chi connectivity index (χ2v) is 5.46. The maximum Gasteiger partial charge on any atom is 0.315 e. The first-order chi connectivity index (χ1) is 9.74. The van der Waals surface area contributed by atoms with E-state index in [2.05, 4.69) is 22.8 Å². The number of urea groups is 1. The Bertz CT molecular complexity index is 418. The van der Waals surface area contributed by atoms with E-state index in [4.69, 9.17) is 5.11 Å². The van der Waals surface area contributed by atoms with E-state index in [1.165, 1.54) is 18.4 Å². The lowest BCUT2D eigenvalue weighted by Gasteiger charge is -2.22. The van der Waals surface area contributed by atoms with Crippen LogP contribution in [0, 0.1) is 5.92 Å². The average molecular weight is 276 g/mol. The molecule has 0 bridgehead atoms. The summed E-state index contributed by atoms with van der Waals surface area (Å²) in [6, 6.07) is 10.1. The molecule has 2 atom stereocenters. The smallest absolute Gasteiger partial charge is 0.315 e.